The van der Waals surface area contributed by atoms with E-state index < -0.39 is 5.82 Å². The molecule has 76 valence electrons. The highest BCUT2D eigenvalue weighted by atomic mass is 19.1. The third-order valence-corrected chi connectivity index (χ3v) is 3.04. The van der Waals surface area contributed by atoms with E-state index in [1.807, 2.05) is 0 Å². The van der Waals surface area contributed by atoms with Crippen molar-refractivity contribution in [2.24, 2.45) is 5.73 Å². The Morgan fingerprint density at radius 2 is 2.14 bits per heavy atom. The number of aromatic hydroxyl groups is 1. The molecule has 0 spiro atoms. The van der Waals surface area contributed by atoms with Gasteiger partial charge >= 0.3 is 0 Å². The highest BCUT2D eigenvalue weighted by molar-refractivity contribution is 5.36. The van der Waals surface area contributed by atoms with Crippen molar-refractivity contribution in [2.45, 2.75) is 24.7 Å². The van der Waals surface area contributed by atoms with E-state index in [4.69, 9.17) is 10.8 Å². The van der Waals surface area contributed by atoms with Crippen LogP contribution in [0.5, 0.6) is 5.75 Å². The average Bonchev–Trinajstić information content (AvgIpc) is 2.91. The molecule has 0 atom stereocenters. The van der Waals surface area contributed by atoms with E-state index in [9.17, 15) is 4.39 Å². The van der Waals surface area contributed by atoms with Crippen LogP contribution >= 0.6 is 0 Å². The second kappa shape index (κ2) is 3.24. The molecule has 0 amide bonds. The lowest BCUT2D eigenvalue weighted by molar-refractivity contribution is 0.430. The van der Waals surface area contributed by atoms with Crippen LogP contribution < -0.4 is 5.73 Å². The highest BCUT2D eigenvalue weighted by Gasteiger charge is 2.43. The molecule has 3 N–H and O–H groups in total. The van der Waals surface area contributed by atoms with Gasteiger partial charge in [0.2, 0.25) is 0 Å². The van der Waals surface area contributed by atoms with Gasteiger partial charge in [0.1, 0.15) is 0 Å². The van der Waals surface area contributed by atoms with Gasteiger partial charge in [-0.25, -0.2) is 4.39 Å². The third kappa shape index (κ3) is 1.48. The van der Waals surface area contributed by atoms with Crippen molar-refractivity contribution in [3.8, 4) is 5.75 Å². The second-order valence-corrected chi connectivity index (χ2v) is 3.99. The number of nitrogens with two attached hydrogens (primary N) is 1. The minimum atomic E-state index is -0.536. The van der Waals surface area contributed by atoms with E-state index in [0.29, 0.717) is 6.54 Å². The summed E-state index contributed by atoms with van der Waals surface area (Å²) in [6.45, 7) is 0.627. The fourth-order valence-electron chi connectivity index (χ4n) is 1.95. The zero-order chi connectivity index (χ0) is 10.2. The predicted molar refractivity (Wildman–Crippen MR) is 52.6 cm³/mol. The molecular weight excluding hydrogens is 181 g/mol. The molecule has 0 saturated heterocycles. The molecule has 1 aliphatic rings. The predicted octanol–water partition coefficient (Wildman–Crippen LogP) is 1.91. The minimum Gasteiger partial charge on any atom is -0.505 e. The number of phenolic OH excluding ortho intramolecular Hbond substituents is 1. The summed E-state index contributed by atoms with van der Waals surface area (Å²) in [7, 11) is 0. The number of hydrogen-bond acceptors (Lipinski definition) is 2. The first kappa shape index (κ1) is 9.46. The van der Waals surface area contributed by atoms with Gasteiger partial charge in [0.15, 0.2) is 11.6 Å². The number of hydrogen-bond donors (Lipinski definition) is 2. The Morgan fingerprint density at radius 3 is 2.64 bits per heavy atom. The Kier molecular flexibility index (Phi) is 2.19. The normalized spacial score (nSPS) is 18.1. The molecule has 0 radical (unpaired) electrons. The van der Waals surface area contributed by atoms with Crippen molar-refractivity contribution in [1.82, 2.24) is 0 Å². The van der Waals surface area contributed by atoms with Crippen LogP contribution in [0, 0.1) is 5.82 Å². The summed E-state index contributed by atoms with van der Waals surface area (Å²) in [5.41, 5.74) is 6.59. The summed E-state index contributed by atoms with van der Waals surface area (Å²) in [5.74, 6) is -0.817. The van der Waals surface area contributed by atoms with Crippen LogP contribution in [0.2, 0.25) is 0 Å². The first-order valence-electron chi connectivity index (χ1n) is 4.87. The second-order valence-electron chi connectivity index (χ2n) is 3.99. The summed E-state index contributed by atoms with van der Waals surface area (Å²) in [6, 6.07) is 4.64. The van der Waals surface area contributed by atoms with Crippen molar-refractivity contribution in [3.05, 3.63) is 29.6 Å². The van der Waals surface area contributed by atoms with Crippen LogP contribution in [0.25, 0.3) is 0 Å². The number of halogens is 1. The number of phenols is 1. The van der Waals surface area contributed by atoms with Gasteiger partial charge < -0.3 is 10.8 Å². The molecule has 2 nitrogen and oxygen atoms in total. The Labute approximate surface area is 82.5 Å². The van der Waals surface area contributed by atoms with Gasteiger partial charge in [0.05, 0.1) is 0 Å². The molecule has 0 aliphatic heterocycles. The number of benzene rings is 1. The lowest BCUT2D eigenvalue weighted by atomic mass is 9.92. The van der Waals surface area contributed by atoms with Crippen LogP contribution in [0.3, 0.4) is 0 Å². The maximum atomic E-state index is 13.1. The lowest BCUT2D eigenvalue weighted by Gasteiger charge is -2.14. The quantitative estimate of drug-likeness (QED) is 0.773. The molecule has 0 unspecified atom stereocenters. The molecule has 3 heteroatoms. The first-order valence-corrected chi connectivity index (χ1v) is 4.87. The van der Waals surface area contributed by atoms with Crippen molar-refractivity contribution in [2.75, 3.05) is 6.54 Å². The molecule has 1 aliphatic carbocycles. The maximum Gasteiger partial charge on any atom is 0.165 e. The topological polar surface area (TPSA) is 46.2 Å². The van der Waals surface area contributed by atoms with Crippen LogP contribution in [-0.2, 0) is 5.41 Å². The van der Waals surface area contributed by atoms with Gasteiger partial charge in [-0.15, -0.1) is 0 Å². The van der Waals surface area contributed by atoms with E-state index in [2.05, 4.69) is 0 Å². The fraction of sp³-hybridized carbons (Fsp3) is 0.455. The fourth-order valence-corrected chi connectivity index (χ4v) is 1.95. The van der Waals surface area contributed by atoms with Crippen LogP contribution in [0.4, 0.5) is 4.39 Å². The molecule has 2 rings (SSSR count). The zero-order valence-corrected chi connectivity index (χ0v) is 7.96. The van der Waals surface area contributed by atoms with Gasteiger partial charge in [-0.2, -0.15) is 0 Å². The average molecular weight is 195 g/mol. The first-order chi connectivity index (χ1) is 6.68. The summed E-state index contributed by atoms with van der Waals surface area (Å²) in [6.07, 6.45) is 3.06. The standard InChI is InChI=1S/C11H14FNO/c12-9-7-8(1-2-10(9)14)11(3-4-11)5-6-13/h1-2,7,14H,3-6,13H2. The summed E-state index contributed by atoms with van der Waals surface area (Å²) < 4.78 is 13.1. The van der Waals surface area contributed by atoms with Crippen molar-refractivity contribution in [1.29, 1.82) is 0 Å². The summed E-state index contributed by atoms with van der Waals surface area (Å²) >= 11 is 0. The van der Waals surface area contributed by atoms with E-state index in [0.717, 1.165) is 24.8 Å². The van der Waals surface area contributed by atoms with E-state index in [1.54, 1.807) is 6.07 Å². The Balaban J connectivity index is 2.28. The third-order valence-electron chi connectivity index (χ3n) is 3.04. The van der Waals surface area contributed by atoms with E-state index in [-0.39, 0.29) is 11.2 Å². The number of rotatable bonds is 3. The van der Waals surface area contributed by atoms with Crippen LogP contribution in [0.1, 0.15) is 24.8 Å². The maximum absolute atomic E-state index is 13.1. The monoisotopic (exact) mass is 195 g/mol. The summed E-state index contributed by atoms with van der Waals surface area (Å²) in [5, 5.41) is 9.06. The van der Waals surface area contributed by atoms with E-state index >= 15 is 0 Å². The van der Waals surface area contributed by atoms with Crippen LogP contribution in [0.15, 0.2) is 18.2 Å². The Morgan fingerprint density at radius 1 is 1.43 bits per heavy atom. The van der Waals surface area contributed by atoms with Gasteiger partial charge in [-0.3, -0.25) is 0 Å². The molecule has 1 aromatic carbocycles. The molecule has 1 fully saturated rings. The molecular formula is C11H14FNO. The molecule has 0 aromatic heterocycles. The minimum absolute atomic E-state index is 0.100. The molecule has 14 heavy (non-hydrogen) atoms. The molecule has 1 saturated carbocycles. The zero-order valence-electron chi connectivity index (χ0n) is 7.96. The SMILES string of the molecule is NCCC1(c2ccc(O)c(F)c2)CC1. The smallest absolute Gasteiger partial charge is 0.165 e. The van der Waals surface area contributed by atoms with Gasteiger partial charge in [-0.05, 0) is 48.9 Å². The van der Waals surface area contributed by atoms with Gasteiger partial charge in [-0.1, -0.05) is 6.07 Å². The lowest BCUT2D eigenvalue weighted by Crippen LogP contribution is -2.13. The molecule has 0 bridgehead atoms. The van der Waals surface area contributed by atoms with Crippen molar-refractivity contribution >= 4 is 0 Å². The van der Waals surface area contributed by atoms with Crippen molar-refractivity contribution in [3.63, 3.8) is 0 Å². The highest BCUT2D eigenvalue weighted by Crippen LogP contribution is 2.51. The van der Waals surface area contributed by atoms with Gasteiger partial charge in [0, 0.05) is 0 Å². The summed E-state index contributed by atoms with van der Waals surface area (Å²) in [4.78, 5) is 0. The van der Waals surface area contributed by atoms with Crippen LogP contribution in [-0.4, -0.2) is 11.7 Å². The van der Waals surface area contributed by atoms with Gasteiger partial charge in [0.25, 0.3) is 0 Å². The van der Waals surface area contributed by atoms with Crippen molar-refractivity contribution < 1.29 is 9.50 Å². The largest absolute Gasteiger partial charge is 0.505 e. The molecule has 0 heterocycles. The Hall–Kier alpha value is -1.09. The van der Waals surface area contributed by atoms with E-state index in [1.165, 1.54) is 12.1 Å². The Bertz CT molecular complexity index is 347. The molecule has 1 aromatic rings.